The molecular weight excluding hydrogens is 946 g/mol. The Kier molecular flexibility index (Phi) is 22.3. The number of phenols is 1. The van der Waals surface area contributed by atoms with Gasteiger partial charge in [-0.2, -0.15) is 15.3 Å². The van der Waals surface area contributed by atoms with Crippen molar-refractivity contribution >= 4 is 57.3 Å². The Bertz CT molecular complexity index is 2700. The summed E-state index contributed by atoms with van der Waals surface area (Å²) in [7, 11) is 0. The van der Waals surface area contributed by atoms with Crippen molar-refractivity contribution in [2.45, 2.75) is 166 Å². The first-order chi connectivity index (χ1) is 32.9. The predicted octanol–water partition coefficient (Wildman–Crippen LogP) is 12.9. The van der Waals surface area contributed by atoms with E-state index in [4.69, 9.17) is 18.9 Å². The Hall–Kier alpha value is -5.74. The number of aromatic nitrogens is 6. The summed E-state index contributed by atoms with van der Waals surface area (Å²) >= 11 is 0. The van der Waals surface area contributed by atoms with Gasteiger partial charge in [-0.25, -0.2) is 9.59 Å². The molecule has 2 N–H and O–H groups in total. The average Bonchev–Trinajstić information content (AvgIpc) is 4.07. The number of nitrogens with one attached hydrogen (secondary N) is 1. The van der Waals surface area contributed by atoms with E-state index in [0.29, 0.717) is 51.2 Å². The first kappa shape index (κ1) is 61.6. The van der Waals surface area contributed by atoms with Gasteiger partial charge in [-0.05, 0) is 163 Å². The number of ether oxygens (including phenoxy) is 4. The van der Waals surface area contributed by atoms with Crippen LogP contribution in [0.5, 0.6) is 17.2 Å². The molecule has 73 heavy (non-hydrogen) atoms. The first-order valence-corrected chi connectivity index (χ1v) is 24.9. The fourth-order valence-electron chi connectivity index (χ4n) is 9.46. The molecule has 9 rings (SSSR count). The molecule has 0 bridgehead atoms. The normalized spacial score (nSPS) is 15.6. The molecule has 0 aliphatic carbocycles. The molecule has 6 heterocycles. The molecule has 3 fully saturated rings. The Balaban J connectivity index is 0.000000284. The molecule has 3 aliphatic heterocycles. The molecule has 6 aromatic rings. The second-order valence-electron chi connectivity index (χ2n) is 20.5. The molecule has 0 atom stereocenters. The van der Waals surface area contributed by atoms with Crippen molar-refractivity contribution in [2.75, 3.05) is 52.5 Å². The fourth-order valence-corrected chi connectivity index (χ4v) is 9.46. The molecule has 3 aromatic heterocycles. The van der Waals surface area contributed by atoms with Gasteiger partial charge >= 0.3 is 12.2 Å². The summed E-state index contributed by atoms with van der Waals surface area (Å²) in [6.07, 6.45) is 10.8. The number of hydrogen-bond donors (Lipinski definition) is 2. The van der Waals surface area contributed by atoms with Crippen LogP contribution in [0, 0.1) is 20.8 Å². The molecular formula is C56H88ClN9O7. The summed E-state index contributed by atoms with van der Waals surface area (Å²) in [5.41, 5.74) is 5.45. The number of amides is 2. The molecule has 0 radical (unpaired) electrons. The number of likely N-dealkylation sites (tertiary alicyclic amines) is 2. The molecule has 3 aliphatic rings. The number of fused-ring (bicyclic) bond motifs is 3. The number of piperidine rings is 3. The van der Waals surface area contributed by atoms with Crippen molar-refractivity contribution in [1.29, 1.82) is 0 Å². The van der Waals surface area contributed by atoms with Gasteiger partial charge in [-0.15, -0.1) is 12.4 Å². The van der Waals surface area contributed by atoms with Crippen LogP contribution in [-0.2, 0) is 9.47 Å². The zero-order chi connectivity index (χ0) is 49.6. The van der Waals surface area contributed by atoms with Gasteiger partial charge in [0.1, 0.15) is 28.5 Å². The summed E-state index contributed by atoms with van der Waals surface area (Å²) in [6, 6.07) is 13.4. The van der Waals surface area contributed by atoms with Crippen LogP contribution in [0.15, 0.2) is 55.0 Å². The highest BCUT2D eigenvalue weighted by atomic mass is 35.5. The van der Waals surface area contributed by atoms with E-state index in [1.165, 1.54) is 11.1 Å². The molecule has 3 saturated heterocycles. The van der Waals surface area contributed by atoms with Gasteiger partial charge in [0.15, 0.2) is 0 Å². The number of carbonyl (C=O) groups is 2. The number of aromatic hydroxyl groups is 1. The van der Waals surface area contributed by atoms with E-state index in [1.54, 1.807) is 16.0 Å². The van der Waals surface area contributed by atoms with Gasteiger partial charge in [0, 0.05) is 26.2 Å². The van der Waals surface area contributed by atoms with Crippen molar-refractivity contribution in [1.82, 2.24) is 44.5 Å². The van der Waals surface area contributed by atoms with E-state index in [9.17, 15) is 14.7 Å². The molecule has 406 valence electrons. The highest BCUT2D eigenvalue weighted by molar-refractivity contribution is 5.88. The minimum absolute atomic E-state index is 0. The van der Waals surface area contributed by atoms with Gasteiger partial charge in [0.25, 0.3) is 0 Å². The third-order valence-corrected chi connectivity index (χ3v) is 13.0. The second kappa shape index (κ2) is 26.5. The van der Waals surface area contributed by atoms with Crippen molar-refractivity contribution < 1.29 is 33.6 Å². The number of benzene rings is 3. The lowest BCUT2D eigenvalue weighted by Gasteiger charge is -2.33. The zero-order valence-corrected chi connectivity index (χ0v) is 44.0. The predicted molar refractivity (Wildman–Crippen MR) is 298 cm³/mol. The second-order valence-corrected chi connectivity index (χ2v) is 20.5. The van der Waals surface area contributed by atoms with E-state index >= 15 is 0 Å². The van der Waals surface area contributed by atoms with Gasteiger partial charge < -0.3 is 39.2 Å². The number of hydrogen-bond acceptors (Lipinski definition) is 11. The highest BCUT2D eigenvalue weighted by Crippen LogP contribution is 2.36. The number of halogens is 1. The van der Waals surface area contributed by atoms with E-state index in [0.717, 1.165) is 101 Å². The van der Waals surface area contributed by atoms with Crippen molar-refractivity contribution in [3.8, 4) is 17.2 Å². The largest absolute Gasteiger partial charge is 0.507 e. The number of aryl methyl sites for hydroxylation is 3. The Morgan fingerprint density at radius 2 is 0.890 bits per heavy atom. The first-order valence-electron chi connectivity index (χ1n) is 24.9. The van der Waals surface area contributed by atoms with Crippen LogP contribution in [0.1, 0.15) is 151 Å². The lowest BCUT2D eigenvalue weighted by molar-refractivity contribution is 0.0176. The zero-order valence-electron chi connectivity index (χ0n) is 43.2. The van der Waals surface area contributed by atoms with Crippen LogP contribution in [0.3, 0.4) is 0 Å². The quantitative estimate of drug-likeness (QED) is 0.156. The van der Waals surface area contributed by atoms with E-state index < -0.39 is 11.2 Å². The summed E-state index contributed by atoms with van der Waals surface area (Å²) in [6.45, 7) is 27.5. The Labute approximate surface area is 441 Å². The lowest BCUT2D eigenvalue weighted by Crippen LogP contribution is -2.42. The maximum atomic E-state index is 12.2. The topological polar surface area (TPSA) is 163 Å². The third kappa shape index (κ3) is 14.7. The van der Waals surface area contributed by atoms with Crippen LogP contribution in [0.2, 0.25) is 0 Å². The van der Waals surface area contributed by atoms with Crippen LogP contribution < -0.4 is 14.8 Å². The third-order valence-electron chi connectivity index (χ3n) is 13.0. The fraction of sp³-hybridized carbons (Fsp3) is 0.589. The maximum Gasteiger partial charge on any atom is 0.410 e. The van der Waals surface area contributed by atoms with Gasteiger partial charge in [-0.1, -0.05) is 40.5 Å². The summed E-state index contributed by atoms with van der Waals surface area (Å²) in [5.74, 6) is 2.20. The monoisotopic (exact) mass is 1030 g/mol. The molecule has 16 nitrogen and oxygen atoms in total. The van der Waals surface area contributed by atoms with Gasteiger partial charge in [0.05, 0.1) is 82.6 Å². The average molecular weight is 1030 g/mol. The van der Waals surface area contributed by atoms with Crippen LogP contribution in [-0.4, -0.2) is 120 Å². The van der Waals surface area contributed by atoms with Crippen molar-refractivity contribution in [2.24, 2.45) is 0 Å². The maximum absolute atomic E-state index is 12.2. The number of carbonyl (C=O) groups excluding carboxylic acids is 2. The number of phenolic OH excluding ortho intramolecular Hbond substituents is 1. The summed E-state index contributed by atoms with van der Waals surface area (Å²) in [5, 5.41) is 30.3. The standard InChI is InChI=1S/C20H29N3O3.C18H25N3O3.C15H21N3O.3CH4.ClH/c1-6-25-18-14(2)7-8-17-16(18)13-21-23(17)15-9-11-22(12-10-15)19(24)26-20(3,4)5;1-12-5-6-15-14(16(12)22)11-19-21(15)13-7-9-20(10-8-13)17(23)24-18(2,3)4;1-3-19-15-11(2)4-5-14-13(15)10-17-18(14)12-6-8-16-9-7-12;;;;/h7-8,13,15H,6,9-12H2,1-5H3;5-6,11,13,22H,7-10H2,1-4H3;4-5,10,12,16H,3,6-9H2,1-2H3;3*1H4;1H. The smallest absolute Gasteiger partial charge is 0.410 e. The summed E-state index contributed by atoms with van der Waals surface area (Å²) in [4.78, 5) is 27.9. The molecule has 0 saturated carbocycles. The Morgan fingerprint density at radius 3 is 1.25 bits per heavy atom. The van der Waals surface area contributed by atoms with Gasteiger partial charge in [-0.3, -0.25) is 14.0 Å². The molecule has 0 spiro atoms. The minimum Gasteiger partial charge on any atom is -0.507 e. The number of rotatable bonds is 7. The van der Waals surface area contributed by atoms with E-state index in [1.807, 2.05) is 91.5 Å². The van der Waals surface area contributed by atoms with Crippen LogP contribution >= 0.6 is 12.4 Å². The van der Waals surface area contributed by atoms with Crippen LogP contribution in [0.25, 0.3) is 32.7 Å². The SMILES string of the molecule is C.C.C.CCOc1c(C)ccc2c1cnn2C1CCN(C(=O)OC(C)(C)C)CC1.CCOc1c(C)ccc2c1cnn2C1CCNCC1.Cc1ccc2c(cnn2C2CCN(C(=O)OC(C)(C)C)CC2)c1O.Cl. The van der Waals surface area contributed by atoms with Crippen molar-refractivity contribution in [3.05, 3.63) is 71.7 Å². The molecule has 2 amide bonds. The Morgan fingerprint density at radius 1 is 0.562 bits per heavy atom. The number of nitrogens with zero attached hydrogens (tertiary/aromatic N) is 8. The van der Waals surface area contributed by atoms with Crippen LogP contribution in [0.4, 0.5) is 9.59 Å². The van der Waals surface area contributed by atoms with E-state index in [2.05, 4.69) is 68.1 Å². The van der Waals surface area contributed by atoms with Crippen molar-refractivity contribution in [3.63, 3.8) is 0 Å². The van der Waals surface area contributed by atoms with E-state index in [-0.39, 0.29) is 59.0 Å². The molecule has 0 unspecified atom stereocenters. The lowest BCUT2D eigenvalue weighted by atomic mass is 10.0. The molecule has 3 aromatic carbocycles. The summed E-state index contributed by atoms with van der Waals surface area (Å²) < 4.78 is 28.8. The highest BCUT2D eigenvalue weighted by Gasteiger charge is 2.31. The molecule has 17 heteroatoms. The van der Waals surface area contributed by atoms with Gasteiger partial charge in [0.2, 0.25) is 0 Å². The minimum atomic E-state index is -0.471.